The molecular weight excluding hydrogens is 206 g/mol. The number of quaternary nitrogens is 1. The summed E-state index contributed by atoms with van der Waals surface area (Å²) in [7, 11) is 3.94. The normalized spacial score (nSPS) is 12.0. The Kier molecular flexibility index (Phi) is 9.92. The van der Waals surface area contributed by atoms with Crippen molar-refractivity contribution in [2.24, 2.45) is 0 Å². The van der Waals surface area contributed by atoms with Crippen molar-refractivity contribution in [1.82, 2.24) is 0 Å². The van der Waals surface area contributed by atoms with Crippen molar-refractivity contribution < 1.29 is 18.7 Å². The van der Waals surface area contributed by atoms with E-state index in [0.29, 0.717) is 26.4 Å². The lowest BCUT2D eigenvalue weighted by molar-refractivity contribution is -0.906. The topological polar surface area (TPSA) is 27.7 Å². The van der Waals surface area contributed by atoms with Crippen LogP contribution in [-0.2, 0) is 14.2 Å². The molecule has 4 heteroatoms. The van der Waals surface area contributed by atoms with E-state index in [1.165, 1.54) is 0 Å². The van der Waals surface area contributed by atoms with Crippen LogP contribution in [0.15, 0.2) is 0 Å². The molecular formula is C12H28NO3+. The number of nitrogens with zero attached hydrogens (tertiary/aromatic N) is 1. The summed E-state index contributed by atoms with van der Waals surface area (Å²) in [6, 6.07) is 0. The summed E-state index contributed by atoms with van der Waals surface area (Å²) < 4.78 is 16.8. The number of ether oxygens (including phenoxy) is 3. The zero-order valence-corrected chi connectivity index (χ0v) is 11.3. The van der Waals surface area contributed by atoms with Gasteiger partial charge in [0.15, 0.2) is 0 Å². The molecule has 0 aromatic rings. The molecule has 0 saturated heterocycles. The molecule has 0 unspecified atom stereocenters. The van der Waals surface area contributed by atoms with Crippen LogP contribution in [0.25, 0.3) is 0 Å². The second-order valence-electron chi connectivity index (χ2n) is 4.19. The quantitative estimate of drug-likeness (QED) is 0.396. The Hall–Kier alpha value is -0.160. The first kappa shape index (κ1) is 15.8. The molecule has 98 valence electrons. The molecule has 0 spiro atoms. The van der Waals surface area contributed by atoms with Crippen LogP contribution in [0.3, 0.4) is 0 Å². The van der Waals surface area contributed by atoms with E-state index in [4.69, 9.17) is 14.2 Å². The van der Waals surface area contributed by atoms with Gasteiger partial charge >= 0.3 is 0 Å². The number of hydrogen-bond acceptors (Lipinski definition) is 3. The van der Waals surface area contributed by atoms with Gasteiger partial charge in [0.25, 0.3) is 0 Å². The maximum absolute atomic E-state index is 5.53. The van der Waals surface area contributed by atoms with Crippen LogP contribution < -0.4 is 0 Å². The van der Waals surface area contributed by atoms with Crippen LogP contribution in [0.1, 0.15) is 13.8 Å². The number of likely N-dealkylation sites (N-methyl/N-ethyl adjacent to an activating group) is 1. The molecule has 0 aliphatic heterocycles. The van der Waals surface area contributed by atoms with Crippen LogP contribution in [-0.4, -0.2) is 71.3 Å². The third-order valence-electron chi connectivity index (χ3n) is 3.11. The highest BCUT2D eigenvalue weighted by atomic mass is 16.5. The van der Waals surface area contributed by atoms with Crippen LogP contribution in [0.5, 0.6) is 0 Å². The van der Waals surface area contributed by atoms with Crippen LogP contribution in [0.4, 0.5) is 0 Å². The highest BCUT2D eigenvalue weighted by molar-refractivity contribution is 4.36. The van der Waals surface area contributed by atoms with E-state index in [1.54, 1.807) is 7.11 Å². The highest BCUT2D eigenvalue weighted by Gasteiger charge is 2.15. The Bertz CT molecular complexity index is 149. The standard InChI is InChI=1S/C12H28NO3/c1-5-13(3,6-2)7-8-15-11-12-16-10-9-14-4/h5-12H2,1-4H3/q+1. The van der Waals surface area contributed by atoms with Crippen molar-refractivity contribution in [3.05, 3.63) is 0 Å². The third kappa shape index (κ3) is 8.05. The van der Waals surface area contributed by atoms with Gasteiger partial charge in [0.05, 0.1) is 53.2 Å². The fourth-order valence-corrected chi connectivity index (χ4v) is 1.29. The van der Waals surface area contributed by atoms with Gasteiger partial charge < -0.3 is 18.7 Å². The molecule has 4 nitrogen and oxygen atoms in total. The molecule has 0 aliphatic carbocycles. The largest absolute Gasteiger partial charge is 0.382 e. The van der Waals surface area contributed by atoms with Gasteiger partial charge in [0, 0.05) is 7.11 Å². The predicted molar refractivity (Wildman–Crippen MR) is 65.6 cm³/mol. The van der Waals surface area contributed by atoms with E-state index in [0.717, 1.165) is 30.7 Å². The summed E-state index contributed by atoms with van der Waals surface area (Å²) in [5.74, 6) is 0. The summed E-state index contributed by atoms with van der Waals surface area (Å²) in [4.78, 5) is 0. The first-order chi connectivity index (χ1) is 7.68. The molecule has 0 atom stereocenters. The van der Waals surface area contributed by atoms with Gasteiger partial charge in [-0.3, -0.25) is 0 Å². The second kappa shape index (κ2) is 10.0. The summed E-state index contributed by atoms with van der Waals surface area (Å²) >= 11 is 0. The van der Waals surface area contributed by atoms with E-state index < -0.39 is 0 Å². The van der Waals surface area contributed by atoms with Gasteiger partial charge in [-0.15, -0.1) is 0 Å². The molecule has 0 bridgehead atoms. The molecule has 0 aromatic heterocycles. The van der Waals surface area contributed by atoms with E-state index in [2.05, 4.69) is 20.9 Å². The maximum atomic E-state index is 5.53. The van der Waals surface area contributed by atoms with E-state index >= 15 is 0 Å². The van der Waals surface area contributed by atoms with Gasteiger partial charge in [-0.25, -0.2) is 0 Å². The molecule has 0 aromatic carbocycles. The van der Waals surface area contributed by atoms with E-state index in [-0.39, 0.29) is 0 Å². The number of methoxy groups -OCH3 is 1. The minimum atomic E-state index is 0.650. The monoisotopic (exact) mass is 234 g/mol. The van der Waals surface area contributed by atoms with Gasteiger partial charge in [-0.05, 0) is 13.8 Å². The lowest BCUT2D eigenvalue weighted by Crippen LogP contribution is -2.45. The van der Waals surface area contributed by atoms with Crippen LogP contribution in [0.2, 0.25) is 0 Å². The minimum absolute atomic E-state index is 0.650. The van der Waals surface area contributed by atoms with Gasteiger partial charge in [0.2, 0.25) is 0 Å². The molecule has 0 amide bonds. The van der Waals surface area contributed by atoms with E-state index in [9.17, 15) is 0 Å². The predicted octanol–water partition coefficient (Wildman–Crippen LogP) is 1.15. The lowest BCUT2D eigenvalue weighted by Gasteiger charge is -2.31. The van der Waals surface area contributed by atoms with Crippen LogP contribution in [0, 0.1) is 0 Å². The van der Waals surface area contributed by atoms with Gasteiger partial charge in [-0.1, -0.05) is 0 Å². The Labute approximate surface area is 100 Å². The Balaban J connectivity index is 3.26. The fraction of sp³-hybridized carbons (Fsp3) is 1.00. The zero-order valence-electron chi connectivity index (χ0n) is 11.3. The molecule has 0 fully saturated rings. The maximum Gasteiger partial charge on any atom is 0.102 e. The molecule has 0 saturated carbocycles. The van der Waals surface area contributed by atoms with Crippen molar-refractivity contribution in [2.45, 2.75) is 13.8 Å². The molecule has 0 radical (unpaired) electrons. The molecule has 16 heavy (non-hydrogen) atoms. The van der Waals surface area contributed by atoms with Gasteiger partial charge in [0.1, 0.15) is 6.54 Å². The van der Waals surface area contributed by atoms with Crippen molar-refractivity contribution >= 4 is 0 Å². The Morgan fingerprint density at radius 2 is 1.31 bits per heavy atom. The number of rotatable bonds is 11. The summed E-state index contributed by atoms with van der Waals surface area (Å²) in [6.45, 7) is 11.3. The first-order valence-electron chi connectivity index (χ1n) is 6.16. The van der Waals surface area contributed by atoms with Crippen molar-refractivity contribution in [3.8, 4) is 0 Å². The van der Waals surface area contributed by atoms with E-state index in [1.807, 2.05) is 0 Å². The van der Waals surface area contributed by atoms with Crippen LogP contribution >= 0.6 is 0 Å². The number of hydrogen-bond donors (Lipinski definition) is 0. The summed E-state index contributed by atoms with van der Waals surface area (Å²) in [5.41, 5.74) is 0. The van der Waals surface area contributed by atoms with Gasteiger partial charge in [-0.2, -0.15) is 0 Å². The zero-order chi connectivity index (χ0) is 12.3. The smallest absolute Gasteiger partial charge is 0.102 e. The minimum Gasteiger partial charge on any atom is -0.382 e. The second-order valence-corrected chi connectivity index (χ2v) is 4.19. The van der Waals surface area contributed by atoms with Crippen molar-refractivity contribution in [1.29, 1.82) is 0 Å². The molecule has 0 aliphatic rings. The molecule has 0 rings (SSSR count). The highest BCUT2D eigenvalue weighted by Crippen LogP contribution is 2.00. The SMILES string of the molecule is CC[N+](C)(CC)CCOCCOCCOC. The first-order valence-corrected chi connectivity index (χ1v) is 6.16. The summed E-state index contributed by atoms with van der Waals surface area (Å²) in [5, 5.41) is 0. The third-order valence-corrected chi connectivity index (χ3v) is 3.11. The Morgan fingerprint density at radius 3 is 1.81 bits per heavy atom. The average Bonchev–Trinajstić information content (AvgIpc) is 2.32. The van der Waals surface area contributed by atoms with Crippen molar-refractivity contribution in [2.75, 3.05) is 66.8 Å². The summed E-state index contributed by atoms with van der Waals surface area (Å²) in [6.07, 6.45) is 0. The Morgan fingerprint density at radius 1 is 0.812 bits per heavy atom. The molecule has 0 N–H and O–H groups in total. The van der Waals surface area contributed by atoms with Crippen molar-refractivity contribution in [3.63, 3.8) is 0 Å². The average molecular weight is 234 g/mol. The lowest BCUT2D eigenvalue weighted by atomic mass is 10.4. The fourth-order valence-electron chi connectivity index (χ4n) is 1.29. The molecule has 0 heterocycles.